The molecular weight excluding hydrogens is 444 g/mol. The number of thiophene rings is 1. The summed E-state index contributed by atoms with van der Waals surface area (Å²) in [7, 11) is 1.54. The van der Waals surface area contributed by atoms with E-state index in [1.165, 1.54) is 16.2 Å². The zero-order valence-electron chi connectivity index (χ0n) is 16.0. The number of amides is 1. The minimum atomic E-state index is -0.227. The summed E-state index contributed by atoms with van der Waals surface area (Å²) in [5.41, 5.74) is 2.27. The van der Waals surface area contributed by atoms with Crippen LogP contribution in [0, 0.1) is 11.3 Å². The molecule has 0 aliphatic heterocycles. The molecule has 10 heteroatoms. The Kier molecular flexibility index (Phi) is 6.27. The standard InChI is InChI=1S/C20H17ClN4O3S2/c1-27-15-7-6-11(21)8-13(15)18-24-25-20(28-18)29-10-17(26)23-19-14(9-22)12-4-2-3-5-16(12)30-19/h6-8H,2-5,10H2,1H3,(H,23,26). The van der Waals surface area contributed by atoms with Crippen LogP contribution in [0.2, 0.25) is 5.02 Å². The first kappa shape index (κ1) is 20.7. The molecule has 0 unspecified atom stereocenters. The number of carbonyl (C=O) groups excluding carboxylic acids is 1. The molecule has 154 valence electrons. The number of benzene rings is 1. The third-order valence-electron chi connectivity index (χ3n) is 4.66. The predicted molar refractivity (Wildman–Crippen MR) is 116 cm³/mol. The van der Waals surface area contributed by atoms with Crippen LogP contribution in [0.25, 0.3) is 11.5 Å². The van der Waals surface area contributed by atoms with Gasteiger partial charge in [-0.3, -0.25) is 4.79 Å². The third kappa shape index (κ3) is 4.31. The van der Waals surface area contributed by atoms with E-state index >= 15 is 0 Å². The molecule has 1 amide bonds. The fraction of sp³-hybridized carbons (Fsp3) is 0.300. The molecule has 0 atom stereocenters. The molecule has 0 spiro atoms. The highest BCUT2D eigenvalue weighted by Gasteiger charge is 2.22. The Labute approximate surface area is 186 Å². The molecule has 1 aromatic carbocycles. The molecule has 7 nitrogen and oxygen atoms in total. The van der Waals surface area contributed by atoms with Crippen molar-refractivity contribution in [2.75, 3.05) is 18.2 Å². The molecule has 1 aliphatic carbocycles. The lowest BCUT2D eigenvalue weighted by atomic mass is 9.96. The molecule has 0 bridgehead atoms. The van der Waals surface area contributed by atoms with Gasteiger partial charge in [-0.15, -0.1) is 21.5 Å². The molecule has 3 aromatic rings. The Morgan fingerprint density at radius 2 is 2.23 bits per heavy atom. The largest absolute Gasteiger partial charge is 0.496 e. The Morgan fingerprint density at radius 1 is 1.40 bits per heavy atom. The summed E-state index contributed by atoms with van der Waals surface area (Å²) in [6.07, 6.45) is 4.07. The highest BCUT2D eigenvalue weighted by molar-refractivity contribution is 7.99. The van der Waals surface area contributed by atoms with Gasteiger partial charge in [0.25, 0.3) is 11.1 Å². The number of nitrogens with zero attached hydrogens (tertiary/aromatic N) is 3. The molecular formula is C20H17ClN4O3S2. The maximum Gasteiger partial charge on any atom is 0.277 e. The van der Waals surface area contributed by atoms with Crippen LogP contribution >= 0.6 is 34.7 Å². The van der Waals surface area contributed by atoms with Gasteiger partial charge in [-0.25, -0.2) is 0 Å². The van der Waals surface area contributed by atoms with Crippen molar-refractivity contribution in [3.63, 3.8) is 0 Å². The van der Waals surface area contributed by atoms with Crippen LogP contribution in [0.15, 0.2) is 27.8 Å². The molecule has 0 saturated heterocycles. The SMILES string of the molecule is COc1ccc(Cl)cc1-c1nnc(SCC(=O)Nc2sc3c(c2C#N)CCCC3)o1. The number of nitrogens with one attached hydrogen (secondary N) is 1. The van der Waals surface area contributed by atoms with Gasteiger partial charge in [0.05, 0.1) is 24.0 Å². The van der Waals surface area contributed by atoms with E-state index in [2.05, 4.69) is 21.6 Å². The Morgan fingerprint density at radius 3 is 3.03 bits per heavy atom. The number of fused-ring (bicyclic) bond motifs is 1. The molecule has 1 aliphatic rings. The average Bonchev–Trinajstić information content (AvgIpc) is 3.36. The zero-order chi connectivity index (χ0) is 21.1. The van der Waals surface area contributed by atoms with E-state index in [-0.39, 0.29) is 22.8 Å². The van der Waals surface area contributed by atoms with Gasteiger partial charge < -0.3 is 14.5 Å². The van der Waals surface area contributed by atoms with E-state index in [9.17, 15) is 10.1 Å². The summed E-state index contributed by atoms with van der Waals surface area (Å²) >= 11 is 8.67. The first-order valence-corrected chi connectivity index (χ1v) is 11.4. The molecule has 0 fully saturated rings. The monoisotopic (exact) mass is 460 g/mol. The van der Waals surface area contributed by atoms with Gasteiger partial charge in [-0.05, 0) is 49.4 Å². The topological polar surface area (TPSA) is 101 Å². The van der Waals surface area contributed by atoms with Crippen LogP contribution < -0.4 is 10.1 Å². The average molecular weight is 461 g/mol. The normalized spacial score (nSPS) is 12.8. The van der Waals surface area contributed by atoms with Crippen molar-refractivity contribution in [2.24, 2.45) is 0 Å². The van der Waals surface area contributed by atoms with E-state index in [0.29, 0.717) is 26.9 Å². The number of methoxy groups -OCH3 is 1. The van der Waals surface area contributed by atoms with Gasteiger partial charge in [0.15, 0.2) is 0 Å². The van der Waals surface area contributed by atoms with Gasteiger partial charge >= 0.3 is 0 Å². The predicted octanol–water partition coefficient (Wildman–Crippen LogP) is 4.94. The van der Waals surface area contributed by atoms with Gasteiger partial charge in [0.1, 0.15) is 16.8 Å². The lowest BCUT2D eigenvalue weighted by molar-refractivity contribution is -0.113. The number of ether oxygens (including phenoxy) is 1. The van der Waals surface area contributed by atoms with E-state index in [0.717, 1.165) is 43.0 Å². The van der Waals surface area contributed by atoms with Crippen molar-refractivity contribution >= 4 is 45.6 Å². The van der Waals surface area contributed by atoms with Gasteiger partial charge in [-0.2, -0.15) is 5.26 Å². The van der Waals surface area contributed by atoms with Crippen LogP contribution in [-0.2, 0) is 17.6 Å². The highest BCUT2D eigenvalue weighted by Crippen LogP contribution is 2.38. The van der Waals surface area contributed by atoms with Crippen LogP contribution in [0.4, 0.5) is 5.00 Å². The van der Waals surface area contributed by atoms with Gasteiger partial charge in [0.2, 0.25) is 5.91 Å². The number of hydrogen-bond acceptors (Lipinski definition) is 8. The van der Waals surface area contributed by atoms with E-state index in [4.69, 9.17) is 20.8 Å². The first-order valence-electron chi connectivity index (χ1n) is 9.23. The molecule has 4 rings (SSSR count). The van der Waals surface area contributed by atoms with Crippen LogP contribution in [0.5, 0.6) is 5.75 Å². The number of rotatable bonds is 6. The second-order valence-corrected chi connectivity index (χ2v) is 9.05. The van der Waals surface area contributed by atoms with Crippen molar-refractivity contribution in [1.29, 1.82) is 5.26 Å². The molecule has 2 aromatic heterocycles. The summed E-state index contributed by atoms with van der Waals surface area (Å²) in [6.45, 7) is 0. The van der Waals surface area contributed by atoms with Crippen molar-refractivity contribution in [3.8, 4) is 23.3 Å². The second-order valence-electron chi connectivity index (χ2n) is 6.58. The minimum Gasteiger partial charge on any atom is -0.496 e. The fourth-order valence-corrected chi connectivity index (χ4v) is 5.28. The Balaban J connectivity index is 1.42. The summed E-state index contributed by atoms with van der Waals surface area (Å²) in [5, 5.41) is 21.8. The second kappa shape index (κ2) is 9.08. The summed E-state index contributed by atoms with van der Waals surface area (Å²) in [4.78, 5) is 13.6. The number of halogens is 1. The van der Waals surface area contributed by atoms with Crippen molar-refractivity contribution in [1.82, 2.24) is 10.2 Å². The fourth-order valence-electron chi connectivity index (χ4n) is 3.29. The van der Waals surface area contributed by atoms with Crippen molar-refractivity contribution in [2.45, 2.75) is 30.9 Å². The summed E-state index contributed by atoms with van der Waals surface area (Å²) in [6, 6.07) is 7.35. The lowest BCUT2D eigenvalue weighted by Gasteiger charge is -2.09. The molecule has 2 heterocycles. The minimum absolute atomic E-state index is 0.0851. The maximum atomic E-state index is 12.4. The van der Waals surface area contributed by atoms with Crippen LogP contribution in [-0.4, -0.2) is 29.0 Å². The van der Waals surface area contributed by atoms with Crippen molar-refractivity contribution < 1.29 is 13.9 Å². The lowest BCUT2D eigenvalue weighted by Crippen LogP contribution is -2.14. The number of hydrogen-bond donors (Lipinski definition) is 1. The summed E-state index contributed by atoms with van der Waals surface area (Å²) < 4.78 is 11.0. The molecule has 30 heavy (non-hydrogen) atoms. The smallest absolute Gasteiger partial charge is 0.277 e. The number of aryl methyl sites for hydroxylation is 1. The zero-order valence-corrected chi connectivity index (χ0v) is 18.4. The van der Waals surface area contributed by atoms with Crippen LogP contribution in [0.1, 0.15) is 28.8 Å². The number of carbonyl (C=O) groups is 1. The molecule has 1 N–H and O–H groups in total. The van der Waals surface area contributed by atoms with Gasteiger partial charge in [-0.1, -0.05) is 23.4 Å². The van der Waals surface area contributed by atoms with E-state index < -0.39 is 0 Å². The number of nitriles is 1. The molecule has 0 saturated carbocycles. The van der Waals surface area contributed by atoms with Gasteiger partial charge in [0, 0.05) is 9.90 Å². The highest BCUT2D eigenvalue weighted by atomic mass is 35.5. The Hall–Kier alpha value is -2.54. The number of thioether (sulfide) groups is 1. The van der Waals surface area contributed by atoms with E-state index in [1.807, 2.05) is 0 Å². The van der Waals surface area contributed by atoms with Crippen molar-refractivity contribution in [3.05, 3.63) is 39.2 Å². The number of anilines is 1. The Bertz CT molecular complexity index is 1140. The number of aromatic nitrogens is 2. The van der Waals surface area contributed by atoms with Crippen LogP contribution in [0.3, 0.4) is 0 Å². The maximum absolute atomic E-state index is 12.4. The van der Waals surface area contributed by atoms with E-state index in [1.54, 1.807) is 25.3 Å². The third-order valence-corrected chi connectivity index (χ3v) is 6.92. The molecule has 0 radical (unpaired) electrons. The quantitative estimate of drug-likeness (QED) is 0.519. The first-order chi connectivity index (χ1) is 14.6. The summed E-state index contributed by atoms with van der Waals surface area (Å²) in [5.74, 6) is 0.676.